The SMILES string of the molecule is C1=Cc2c(n(-c3ccc(-c4ccccc4)cc3)c3ccc(-c4ccc(-c5ccc6c(c5)c5ccccc5n6-c5ccc(-c6cccc(C7CN7)c6)cc5)cc4)cc23)CC1. The largest absolute Gasteiger partial charge is 0.313 e. The van der Waals surface area contributed by atoms with Gasteiger partial charge in [-0.05, 0) is 124 Å². The number of allylic oxidation sites excluding steroid dienone is 1. The summed E-state index contributed by atoms with van der Waals surface area (Å²) in [4.78, 5) is 0. The van der Waals surface area contributed by atoms with E-state index in [4.69, 9.17) is 0 Å². The topological polar surface area (TPSA) is 31.8 Å². The summed E-state index contributed by atoms with van der Waals surface area (Å²) in [6.07, 6.45) is 6.75. The number of aromatic nitrogens is 2. The van der Waals surface area contributed by atoms with Crippen molar-refractivity contribution in [1.82, 2.24) is 14.5 Å². The molecule has 59 heavy (non-hydrogen) atoms. The Morgan fingerprint density at radius 3 is 1.61 bits per heavy atom. The van der Waals surface area contributed by atoms with Gasteiger partial charge in [0, 0.05) is 51.4 Å². The molecular formula is C56H41N3. The molecule has 1 atom stereocenters. The van der Waals surface area contributed by atoms with Crippen molar-refractivity contribution >= 4 is 38.8 Å². The van der Waals surface area contributed by atoms with Crippen LogP contribution in [0.4, 0.5) is 0 Å². The maximum absolute atomic E-state index is 3.43. The van der Waals surface area contributed by atoms with Crippen molar-refractivity contribution in [3.8, 4) is 55.9 Å². The smallest absolute Gasteiger partial charge is 0.0541 e. The first-order valence-corrected chi connectivity index (χ1v) is 20.8. The first-order valence-electron chi connectivity index (χ1n) is 20.8. The van der Waals surface area contributed by atoms with Gasteiger partial charge in [0.15, 0.2) is 0 Å². The molecule has 1 aliphatic heterocycles. The standard InChI is InChI=1S/C56H41N3/c1-2-9-37(10-3-1)38-21-27-46(28-22-38)58-53-15-6-4-13-48(53)50-34-43(25-31-55(50)58)39-17-19-40(20-18-39)44-26-32-56-51(35-44)49-14-5-7-16-54(49)59(56)47-29-23-41(24-30-47)42-11-8-12-45(33-42)52-36-57-52/h1-5,7-14,16-35,52,57H,6,15,36H2. The summed E-state index contributed by atoms with van der Waals surface area (Å²) >= 11 is 0. The van der Waals surface area contributed by atoms with Gasteiger partial charge in [0.1, 0.15) is 0 Å². The maximum Gasteiger partial charge on any atom is 0.0541 e. The summed E-state index contributed by atoms with van der Waals surface area (Å²) in [7, 11) is 0. The molecule has 3 heterocycles. The molecule has 0 spiro atoms. The van der Waals surface area contributed by atoms with E-state index in [0.29, 0.717) is 6.04 Å². The predicted octanol–water partition coefficient (Wildman–Crippen LogP) is 14.0. The van der Waals surface area contributed by atoms with Crippen LogP contribution in [0.25, 0.3) is 94.7 Å². The highest BCUT2D eigenvalue weighted by Crippen LogP contribution is 2.39. The first-order chi connectivity index (χ1) is 29.2. The number of para-hydroxylation sites is 1. The van der Waals surface area contributed by atoms with E-state index < -0.39 is 0 Å². The lowest BCUT2D eigenvalue weighted by Crippen LogP contribution is -2.02. The molecule has 1 aliphatic carbocycles. The Bertz CT molecular complexity index is 3230. The number of hydrogen-bond acceptors (Lipinski definition) is 1. The quantitative estimate of drug-likeness (QED) is 0.161. The van der Waals surface area contributed by atoms with Gasteiger partial charge in [0.25, 0.3) is 0 Å². The summed E-state index contributed by atoms with van der Waals surface area (Å²) < 4.78 is 4.88. The number of fused-ring (bicyclic) bond motifs is 6. The lowest BCUT2D eigenvalue weighted by atomic mass is 9.97. The highest BCUT2D eigenvalue weighted by Gasteiger charge is 2.23. The van der Waals surface area contributed by atoms with Crippen LogP contribution in [0.2, 0.25) is 0 Å². The van der Waals surface area contributed by atoms with Crippen LogP contribution in [0, 0.1) is 0 Å². The predicted molar refractivity (Wildman–Crippen MR) is 247 cm³/mol. The van der Waals surface area contributed by atoms with E-state index in [-0.39, 0.29) is 0 Å². The molecule has 1 unspecified atom stereocenters. The monoisotopic (exact) mass is 755 g/mol. The minimum absolute atomic E-state index is 0.503. The summed E-state index contributed by atoms with van der Waals surface area (Å²) in [6.45, 7) is 1.07. The second kappa shape index (κ2) is 13.7. The lowest BCUT2D eigenvalue weighted by Gasteiger charge is -2.14. The average Bonchev–Trinajstić information content (AvgIpc) is 4.05. The van der Waals surface area contributed by atoms with E-state index in [0.717, 1.165) is 19.4 Å². The Kier molecular flexibility index (Phi) is 7.89. The zero-order valence-corrected chi connectivity index (χ0v) is 32.6. The normalized spacial score (nSPS) is 14.6. The van der Waals surface area contributed by atoms with Gasteiger partial charge in [-0.3, -0.25) is 0 Å². The van der Waals surface area contributed by atoms with Gasteiger partial charge in [-0.1, -0.05) is 140 Å². The third-order valence-corrected chi connectivity index (χ3v) is 12.6. The maximum atomic E-state index is 3.43. The highest BCUT2D eigenvalue weighted by atomic mass is 15.1. The van der Waals surface area contributed by atoms with Crippen LogP contribution in [0.5, 0.6) is 0 Å². The molecule has 1 fully saturated rings. The van der Waals surface area contributed by atoms with Crippen molar-refractivity contribution in [3.63, 3.8) is 0 Å². The molecule has 0 saturated carbocycles. The molecule has 12 rings (SSSR count). The fraction of sp³-hybridized carbons (Fsp3) is 0.0714. The second-order valence-electron chi connectivity index (χ2n) is 16.1. The molecule has 2 aromatic heterocycles. The third kappa shape index (κ3) is 5.85. The van der Waals surface area contributed by atoms with Crippen molar-refractivity contribution in [1.29, 1.82) is 0 Å². The Hall–Kier alpha value is -7.20. The van der Waals surface area contributed by atoms with Crippen LogP contribution in [-0.2, 0) is 6.42 Å². The van der Waals surface area contributed by atoms with E-state index in [2.05, 4.69) is 215 Å². The first kappa shape index (κ1) is 33.9. The zero-order valence-electron chi connectivity index (χ0n) is 32.6. The molecule has 0 radical (unpaired) electrons. The number of hydrogen-bond donors (Lipinski definition) is 1. The van der Waals surface area contributed by atoms with E-state index in [1.54, 1.807) is 0 Å². The van der Waals surface area contributed by atoms with E-state index in [9.17, 15) is 0 Å². The minimum atomic E-state index is 0.503. The number of benzene rings is 8. The second-order valence-corrected chi connectivity index (χ2v) is 16.1. The molecule has 0 bridgehead atoms. The third-order valence-electron chi connectivity index (χ3n) is 12.6. The van der Waals surface area contributed by atoms with Gasteiger partial charge in [0.05, 0.1) is 16.6 Å². The average molecular weight is 756 g/mol. The number of rotatable bonds is 7. The molecule has 2 aliphatic rings. The van der Waals surface area contributed by atoms with Gasteiger partial charge in [-0.15, -0.1) is 0 Å². The van der Waals surface area contributed by atoms with Crippen molar-refractivity contribution < 1.29 is 0 Å². The number of nitrogens with zero attached hydrogens (tertiary/aromatic N) is 2. The van der Waals surface area contributed by atoms with Crippen molar-refractivity contribution in [2.24, 2.45) is 0 Å². The fourth-order valence-electron chi connectivity index (χ4n) is 9.45. The molecule has 8 aromatic carbocycles. The van der Waals surface area contributed by atoms with Crippen LogP contribution >= 0.6 is 0 Å². The van der Waals surface area contributed by atoms with E-state index in [1.807, 2.05) is 0 Å². The van der Waals surface area contributed by atoms with Crippen LogP contribution in [0.1, 0.15) is 29.3 Å². The van der Waals surface area contributed by atoms with Crippen molar-refractivity contribution in [2.45, 2.75) is 18.9 Å². The summed E-state index contributed by atoms with van der Waals surface area (Å²) in [5.41, 5.74) is 20.0. The summed E-state index contributed by atoms with van der Waals surface area (Å²) in [6, 6.07) is 70.0. The summed E-state index contributed by atoms with van der Waals surface area (Å²) in [5, 5.41) is 7.26. The van der Waals surface area contributed by atoms with E-state index >= 15 is 0 Å². The van der Waals surface area contributed by atoms with Gasteiger partial charge >= 0.3 is 0 Å². The molecule has 0 amide bonds. The fourth-order valence-corrected chi connectivity index (χ4v) is 9.45. The Labute approximate surface area is 344 Å². The van der Waals surface area contributed by atoms with Gasteiger partial charge in [-0.25, -0.2) is 0 Å². The molecule has 10 aromatic rings. The summed E-state index contributed by atoms with van der Waals surface area (Å²) in [5.74, 6) is 0. The Balaban J connectivity index is 0.864. The minimum Gasteiger partial charge on any atom is -0.313 e. The Morgan fingerprint density at radius 1 is 0.407 bits per heavy atom. The van der Waals surface area contributed by atoms with E-state index in [1.165, 1.54) is 105 Å². The molecule has 1 saturated heterocycles. The van der Waals surface area contributed by atoms with Crippen LogP contribution in [0.3, 0.4) is 0 Å². The Morgan fingerprint density at radius 2 is 0.915 bits per heavy atom. The molecule has 3 heteroatoms. The van der Waals surface area contributed by atoms with Crippen LogP contribution in [-0.4, -0.2) is 15.7 Å². The van der Waals surface area contributed by atoms with Gasteiger partial charge in [0.2, 0.25) is 0 Å². The molecule has 1 N–H and O–H groups in total. The van der Waals surface area contributed by atoms with Crippen molar-refractivity contribution in [2.75, 3.05) is 6.54 Å². The van der Waals surface area contributed by atoms with Gasteiger partial charge < -0.3 is 14.5 Å². The zero-order chi connectivity index (χ0) is 38.9. The van der Waals surface area contributed by atoms with Crippen LogP contribution < -0.4 is 5.32 Å². The molecule has 3 nitrogen and oxygen atoms in total. The molecule has 280 valence electrons. The van der Waals surface area contributed by atoms with Gasteiger partial charge in [-0.2, -0.15) is 0 Å². The highest BCUT2D eigenvalue weighted by molar-refractivity contribution is 6.10. The lowest BCUT2D eigenvalue weighted by molar-refractivity contribution is 0.888. The number of nitrogens with one attached hydrogen (secondary N) is 1. The molecular weight excluding hydrogens is 715 g/mol. The van der Waals surface area contributed by atoms with Crippen molar-refractivity contribution in [3.05, 3.63) is 211 Å². The van der Waals surface area contributed by atoms with Crippen LogP contribution in [0.15, 0.2) is 194 Å².